The molecule has 1 amide bonds. The van der Waals surface area contributed by atoms with Gasteiger partial charge in [0, 0.05) is 6.42 Å². The number of carbonyl (C=O) groups is 1. The molecule has 0 aromatic carbocycles. The molecular weight excluding hydrogens is 876 g/mol. The monoisotopic (exact) mass is 998 g/mol. The van der Waals surface area contributed by atoms with Gasteiger partial charge in [-0.25, -0.2) is 4.57 Å². The van der Waals surface area contributed by atoms with Gasteiger partial charge in [0.15, 0.2) is 0 Å². The fraction of sp³-hybridized carbons (Fsp3) is 0.950. The lowest BCUT2D eigenvalue weighted by molar-refractivity contribution is -0.870. The van der Waals surface area contributed by atoms with Crippen LogP contribution < -0.4 is 5.32 Å². The minimum Gasteiger partial charge on any atom is -0.387 e. The number of hydrogen-bond acceptors (Lipinski definition) is 5. The van der Waals surface area contributed by atoms with Crippen molar-refractivity contribution in [1.82, 2.24) is 5.32 Å². The molecule has 0 rings (SSSR count). The van der Waals surface area contributed by atoms with Crippen LogP contribution >= 0.6 is 7.82 Å². The zero-order valence-electron chi connectivity index (χ0n) is 47.1. The van der Waals surface area contributed by atoms with Crippen LogP contribution in [-0.2, 0) is 18.4 Å². The highest BCUT2D eigenvalue weighted by atomic mass is 31.2. The summed E-state index contributed by atoms with van der Waals surface area (Å²) in [7, 11) is 1.59. The first kappa shape index (κ1) is 68.2. The first-order valence-corrected chi connectivity index (χ1v) is 32.1. The number of nitrogens with zero attached hydrogens (tertiary/aromatic N) is 1. The number of aliphatic hydroxyl groups is 1. The summed E-state index contributed by atoms with van der Waals surface area (Å²) in [5.41, 5.74) is 0. The van der Waals surface area contributed by atoms with Crippen LogP contribution in [0.25, 0.3) is 0 Å². The third kappa shape index (κ3) is 54.8. The number of nitrogens with one attached hydrogen (secondary N) is 1. The van der Waals surface area contributed by atoms with E-state index in [1.54, 1.807) is 6.08 Å². The molecule has 0 bridgehead atoms. The van der Waals surface area contributed by atoms with Crippen LogP contribution in [0.4, 0.5) is 0 Å². The Kier molecular flexibility index (Phi) is 51.5. The number of phosphoric acid groups is 1. The predicted octanol–water partition coefficient (Wildman–Crippen LogP) is 18.6. The van der Waals surface area contributed by atoms with Crippen molar-refractivity contribution in [3.63, 3.8) is 0 Å². The number of carbonyl (C=O) groups excluding carboxylic acids is 1. The molecule has 0 saturated heterocycles. The number of unbranched alkanes of at least 4 members (excludes halogenated alkanes) is 44. The number of hydrogen-bond donors (Lipinski definition) is 3. The minimum absolute atomic E-state index is 0.0653. The molecule has 0 radical (unpaired) electrons. The molecule has 0 fully saturated rings. The van der Waals surface area contributed by atoms with Crippen molar-refractivity contribution in [3.8, 4) is 0 Å². The van der Waals surface area contributed by atoms with Crippen molar-refractivity contribution in [2.75, 3.05) is 40.9 Å². The second kappa shape index (κ2) is 52.1. The number of allylic oxidation sites excluding steroid dienone is 1. The lowest BCUT2D eigenvalue weighted by Gasteiger charge is -2.25. The molecule has 412 valence electrons. The van der Waals surface area contributed by atoms with Crippen molar-refractivity contribution in [3.05, 3.63) is 12.2 Å². The summed E-state index contributed by atoms with van der Waals surface area (Å²) in [5.74, 6) is -0.169. The highest BCUT2D eigenvalue weighted by Gasteiger charge is 2.27. The molecule has 0 heterocycles. The summed E-state index contributed by atoms with van der Waals surface area (Å²) in [6.07, 6.45) is 64.7. The van der Waals surface area contributed by atoms with Crippen molar-refractivity contribution in [2.45, 2.75) is 328 Å². The predicted molar refractivity (Wildman–Crippen MR) is 300 cm³/mol. The van der Waals surface area contributed by atoms with Crippen molar-refractivity contribution >= 4 is 13.7 Å². The summed E-state index contributed by atoms with van der Waals surface area (Å²) in [4.78, 5) is 23.3. The Morgan fingerprint density at radius 2 is 0.768 bits per heavy atom. The zero-order chi connectivity index (χ0) is 50.6. The average Bonchev–Trinajstić information content (AvgIpc) is 3.31. The van der Waals surface area contributed by atoms with Crippen LogP contribution in [-0.4, -0.2) is 73.4 Å². The van der Waals surface area contributed by atoms with Gasteiger partial charge in [-0.3, -0.25) is 13.8 Å². The lowest BCUT2D eigenvalue weighted by atomic mass is 10.0. The Labute approximate surface area is 431 Å². The van der Waals surface area contributed by atoms with Gasteiger partial charge in [0.1, 0.15) is 13.2 Å². The second-order valence-corrected chi connectivity index (χ2v) is 23.9. The summed E-state index contributed by atoms with van der Waals surface area (Å²) < 4.78 is 23.7. The fourth-order valence-electron chi connectivity index (χ4n) is 9.46. The number of quaternary nitrogens is 1. The Hall–Kier alpha value is -0.760. The van der Waals surface area contributed by atoms with E-state index in [2.05, 4.69) is 19.2 Å². The number of rotatable bonds is 57. The maximum atomic E-state index is 13.0. The molecule has 8 nitrogen and oxygen atoms in total. The average molecular weight is 999 g/mol. The molecule has 3 atom stereocenters. The van der Waals surface area contributed by atoms with Gasteiger partial charge in [0.25, 0.3) is 0 Å². The molecule has 0 aliphatic heterocycles. The summed E-state index contributed by atoms with van der Waals surface area (Å²) in [6, 6.07) is -0.842. The first-order chi connectivity index (χ1) is 33.5. The lowest BCUT2D eigenvalue weighted by Crippen LogP contribution is -2.45. The number of amides is 1. The van der Waals surface area contributed by atoms with Crippen LogP contribution in [0.15, 0.2) is 12.2 Å². The van der Waals surface area contributed by atoms with Crippen LogP contribution in [0.3, 0.4) is 0 Å². The summed E-state index contributed by atoms with van der Waals surface area (Å²) >= 11 is 0. The Morgan fingerprint density at radius 1 is 0.478 bits per heavy atom. The van der Waals surface area contributed by atoms with Crippen molar-refractivity contribution in [1.29, 1.82) is 0 Å². The van der Waals surface area contributed by atoms with Gasteiger partial charge in [-0.1, -0.05) is 302 Å². The van der Waals surface area contributed by atoms with Crippen LogP contribution in [0.5, 0.6) is 0 Å². The number of aliphatic hydroxyl groups excluding tert-OH is 1. The molecular formula is C60H122N2O6P+. The van der Waals surface area contributed by atoms with Crippen molar-refractivity contribution in [2.24, 2.45) is 0 Å². The quantitative estimate of drug-likeness (QED) is 0.0243. The molecule has 0 aliphatic rings. The zero-order valence-corrected chi connectivity index (χ0v) is 48.0. The van der Waals surface area contributed by atoms with Gasteiger partial charge in [0.2, 0.25) is 5.91 Å². The van der Waals surface area contributed by atoms with Crippen molar-refractivity contribution < 1.29 is 32.9 Å². The fourth-order valence-corrected chi connectivity index (χ4v) is 10.2. The molecule has 69 heavy (non-hydrogen) atoms. The topological polar surface area (TPSA) is 105 Å². The molecule has 0 saturated carbocycles. The van der Waals surface area contributed by atoms with E-state index in [-0.39, 0.29) is 19.1 Å². The molecule has 0 aliphatic carbocycles. The second-order valence-electron chi connectivity index (χ2n) is 22.4. The molecule has 9 heteroatoms. The molecule has 0 aromatic rings. The van der Waals surface area contributed by atoms with E-state index in [1.807, 2.05) is 27.2 Å². The SMILES string of the molecule is CCCCCCCCCCCCCCCCCCCCCCCCCCCC/C=C/C(O)C(COP(=O)(O)OCC[N+](C)(C)C)NC(=O)CCCCCCCCCCCCCCCCCCCCC. The minimum atomic E-state index is -4.34. The van der Waals surface area contributed by atoms with E-state index in [9.17, 15) is 19.4 Å². The third-order valence-electron chi connectivity index (χ3n) is 14.3. The number of likely N-dealkylation sites (N-methyl/N-ethyl adjacent to an activating group) is 1. The maximum absolute atomic E-state index is 13.0. The summed E-state index contributed by atoms with van der Waals surface area (Å²) in [5, 5.41) is 14.0. The van der Waals surface area contributed by atoms with E-state index in [0.717, 1.165) is 32.1 Å². The van der Waals surface area contributed by atoms with E-state index < -0.39 is 20.0 Å². The van der Waals surface area contributed by atoms with Gasteiger partial charge in [-0.2, -0.15) is 0 Å². The Balaban J connectivity index is 4.12. The maximum Gasteiger partial charge on any atom is 0.472 e. The van der Waals surface area contributed by atoms with Crippen LogP contribution in [0, 0.1) is 0 Å². The molecule has 0 spiro atoms. The van der Waals surface area contributed by atoms with Gasteiger partial charge in [-0.15, -0.1) is 0 Å². The van der Waals surface area contributed by atoms with Gasteiger partial charge in [-0.05, 0) is 19.3 Å². The molecule has 0 aromatic heterocycles. The van der Waals surface area contributed by atoms with E-state index in [4.69, 9.17) is 9.05 Å². The van der Waals surface area contributed by atoms with E-state index >= 15 is 0 Å². The smallest absolute Gasteiger partial charge is 0.387 e. The normalized spacial score (nSPS) is 13.9. The van der Waals surface area contributed by atoms with Gasteiger partial charge >= 0.3 is 7.82 Å². The van der Waals surface area contributed by atoms with Gasteiger partial charge in [0.05, 0.1) is 39.9 Å². The standard InChI is InChI=1S/C60H121N2O6P/c1-6-8-10-12-14-16-18-20-22-24-26-27-28-29-30-31-32-33-34-36-37-39-41-43-45-47-49-51-53-59(63)58(57-68-69(65,66)67-56-55-62(3,4)5)61-60(64)54-52-50-48-46-44-42-40-38-35-25-23-21-19-17-15-13-11-9-7-2/h51,53,58-59,63H,6-50,52,54-57H2,1-5H3,(H-,61,64,65,66)/p+1/b53-51+. The highest BCUT2D eigenvalue weighted by molar-refractivity contribution is 7.47. The van der Waals surface area contributed by atoms with Crippen LogP contribution in [0.2, 0.25) is 0 Å². The molecule has 3 N–H and O–H groups in total. The first-order valence-electron chi connectivity index (χ1n) is 30.6. The molecule has 3 unspecified atom stereocenters. The van der Waals surface area contributed by atoms with E-state index in [1.165, 1.54) is 263 Å². The highest BCUT2D eigenvalue weighted by Crippen LogP contribution is 2.43. The largest absolute Gasteiger partial charge is 0.472 e. The summed E-state index contributed by atoms with van der Waals surface area (Å²) in [6.45, 7) is 4.87. The Morgan fingerprint density at radius 3 is 1.07 bits per heavy atom. The van der Waals surface area contributed by atoms with E-state index in [0.29, 0.717) is 17.4 Å². The Bertz CT molecular complexity index is 1130. The van der Waals surface area contributed by atoms with Crippen LogP contribution in [0.1, 0.15) is 316 Å². The third-order valence-corrected chi connectivity index (χ3v) is 15.2. The number of phosphoric ester groups is 1. The van der Waals surface area contributed by atoms with Gasteiger partial charge < -0.3 is 19.8 Å².